The number of hydrogen-bond acceptors (Lipinski definition) is 5. The molecule has 112 valence electrons. The van der Waals surface area contributed by atoms with Crippen molar-refractivity contribution >= 4 is 17.4 Å². The van der Waals surface area contributed by atoms with Gasteiger partial charge in [-0.15, -0.1) is 0 Å². The molecule has 0 aliphatic carbocycles. The highest BCUT2D eigenvalue weighted by molar-refractivity contribution is 7.99. The molecule has 0 radical (unpaired) electrons. The van der Waals surface area contributed by atoms with Crippen LogP contribution in [-0.4, -0.2) is 36.9 Å². The van der Waals surface area contributed by atoms with Crippen LogP contribution in [0.15, 0.2) is 18.2 Å². The van der Waals surface area contributed by atoms with E-state index in [9.17, 15) is 5.26 Å². The van der Waals surface area contributed by atoms with Gasteiger partial charge < -0.3 is 14.8 Å². The van der Waals surface area contributed by atoms with Crippen LogP contribution in [0.4, 0.5) is 5.69 Å². The minimum Gasteiger partial charge on any atom is -0.495 e. The van der Waals surface area contributed by atoms with E-state index in [-0.39, 0.29) is 5.60 Å². The maximum atomic E-state index is 9.30. The smallest absolute Gasteiger partial charge is 0.143 e. The summed E-state index contributed by atoms with van der Waals surface area (Å²) in [7, 11) is 1.64. The van der Waals surface area contributed by atoms with Crippen molar-refractivity contribution in [3.8, 4) is 11.8 Å². The van der Waals surface area contributed by atoms with Crippen LogP contribution < -0.4 is 10.1 Å². The molecule has 4 nitrogen and oxygen atoms in total. The van der Waals surface area contributed by atoms with Gasteiger partial charge in [0, 0.05) is 18.4 Å². The first kappa shape index (κ1) is 14.6. The van der Waals surface area contributed by atoms with Crippen molar-refractivity contribution in [2.45, 2.75) is 30.9 Å². The molecule has 2 heterocycles. The van der Waals surface area contributed by atoms with E-state index in [0.29, 0.717) is 11.6 Å². The Bertz CT molecular complexity index is 550. The molecule has 2 saturated heterocycles. The highest BCUT2D eigenvalue weighted by atomic mass is 32.2. The van der Waals surface area contributed by atoms with Gasteiger partial charge in [-0.1, -0.05) is 6.07 Å². The second-order valence-electron chi connectivity index (χ2n) is 5.66. The molecule has 2 atom stereocenters. The van der Waals surface area contributed by atoms with E-state index in [1.54, 1.807) is 7.11 Å². The van der Waals surface area contributed by atoms with Crippen LogP contribution >= 0.6 is 11.8 Å². The number of benzene rings is 1. The average molecular weight is 304 g/mol. The number of ether oxygens (including phenoxy) is 2. The lowest BCUT2D eigenvalue weighted by Crippen LogP contribution is -2.44. The first-order chi connectivity index (χ1) is 10.3. The summed E-state index contributed by atoms with van der Waals surface area (Å²) in [6, 6.07) is 8.14. The summed E-state index contributed by atoms with van der Waals surface area (Å²) in [6.07, 6.45) is 3.10. The predicted octanol–water partition coefficient (Wildman–Crippen LogP) is 3.03. The third kappa shape index (κ3) is 2.97. The zero-order valence-electron chi connectivity index (χ0n) is 12.2. The molecule has 1 aromatic carbocycles. The molecule has 2 fully saturated rings. The van der Waals surface area contributed by atoms with Crippen molar-refractivity contribution < 1.29 is 9.47 Å². The van der Waals surface area contributed by atoms with Crippen LogP contribution in [0.1, 0.15) is 24.8 Å². The minimum atomic E-state index is 0.0371. The number of para-hydroxylation sites is 1. The Morgan fingerprint density at radius 2 is 2.43 bits per heavy atom. The van der Waals surface area contributed by atoms with Crippen molar-refractivity contribution in [2.24, 2.45) is 0 Å². The second-order valence-corrected chi connectivity index (χ2v) is 6.77. The summed E-state index contributed by atoms with van der Waals surface area (Å²) < 4.78 is 11.4. The first-order valence-electron chi connectivity index (χ1n) is 7.32. The number of methoxy groups -OCH3 is 1. The Labute approximate surface area is 129 Å². The van der Waals surface area contributed by atoms with Gasteiger partial charge in [-0.3, -0.25) is 0 Å². The van der Waals surface area contributed by atoms with Gasteiger partial charge in [-0.2, -0.15) is 17.0 Å². The van der Waals surface area contributed by atoms with Crippen molar-refractivity contribution in [1.82, 2.24) is 0 Å². The van der Waals surface area contributed by atoms with Crippen LogP contribution in [0, 0.1) is 11.3 Å². The third-order valence-corrected chi connectivity index (χ3v) is 5.50. The highest BCUT2D eigenvalue weighted by Crippen LogP contribution is 2.40. The molecule has 2 aliphatic rings. The van der Waals surface area contributed by atoms with Crippen molar-refractivity contribution in [2.75, 3.05) is 30.5 Å². The molecule has 3 rings (SSSR count). The van der Waals surface area contributed by atoms with E-state index >= 15 is 0 Å². The molecular formula is C16H20N2O2S. The van der Waals surface area contributed by atoms with Gasteiger partial charge in [-0.05, 0) is 37.1 Å². The predicted molar refractivity (Wildman–Crippen MR) is 85.0 cm³/mol. The van der Waals surface area contributed by atoms with Crippen LogP contribution in [0.5, 0.6) is 5.75 Å². The summed E-state index contributed by atoms with van der Waals surface area (Å²) in [4.78, 5) is 0. The molecule has 2 aliphatic heterocycles. The lowest BCUT2D eigenvalue weighted by molar-refractivity contribution is -0.0628. The molecule has 0 aromatic heterocycles. The minimum absolute atomic E-state index is 0.0371. The van der Waals surface area contributed by atoms with Crippen LogP contribution in [-0.2, 0) is 4.74 Å². The zero-order chi connectivity index (χ0) is 14.7. The standard InChI is InChI=1S/C16H20N2O2S/c1-19-14-4-2-3-12(10-17)15(14)18-13-5-7-20-16(9-13)6-8-21-11-16/h2-4,13,18H,5-9,11H2,1H3. The molecule has 5 heteroatoms. The number of thioether (sulfide) groups is 1. The maximum absolute atomic E-state index is 9.30. The molecule has 1 aromatic rings. The Morgan fingerprint density at radius 1 is 1.52 bits per heavy atom. The zero-order valence-corrected chi connectivity index (χ0v) is 13.0. The first-order valence-corrected chi connectivity index (χ1v) is 8.47. The lowest BCUT2D eigenvalue weighted by Gasteiger charge is -2.38. The van der Waals surface area contributed by atoms with Gasteiger partial charge in [0.05, 0.1) is 24.0 Å². The maximum Gasteiger partial charge on any atom is 0.143 e. The Morgan fingerprint density at radius 3 is 3.14 bits per heavy atom. The molecular weight excluding hydrogens is 284 g/mol. The summed E-state index contributed by atoms with van der Waals surface area (Å²) in [5.41, 5.74) is 1.49. The Kier molecular flexibility index (Phi) is 4.27. The van der Waals surface area contributed by atoms with Gasteiger partial charge >= 0.3 is 0 Å². The van der Waals surface area contributed by atoms with Gasteiger partial charge in [0.15, 0.2) is 0 Å². The van der Waals surface area contributed by atoms with E-state index in [0.717, 1.165) is 43.1 Å². The molecule has 0 bridgehead atoms. The van der Waals surface area contributed by atoms with E-state index in [1.807, 2.05) is 30.0 Å². The lowest BCUT2D eigenvalue weighted by atomic mass is 9.89. The average Bonchev–Trinajstić information content (AvgIpc) is 2.95. The van der Waals surface area contributed by atoms with Crippen LogP contribution in [0.25, 0.3) is 0 Å². The molecule has 1 N–H and O–H groups in total. The Balaban J connectivity index is 1.79. The Hall–Kier alpha value is -1.38. The SMILES string of the molecule is COc1cccc(C#N)c1NC1CCOC2(CCSC2)C1. The fourth-order valence-corrected chi connectivity index (χ4v) is 4.54. The fraction of sp³-hybridized carbons (Fsp3) is 0.562. The van der Waals surface area contributed by atoms with E-state index in [1.165, 1.54) is 5.75 Å². The number of hydrogen-bond donors (Lipinski definition) is 1. The number of nitrogens with zero attached hydrogens (tertiary/aromatic N) is 1. The van der Waals surface area contributed by atoms with Crippen LogP contribution in [0.2, 0.25) is 0 Å². The monoisotopic (exact) mass is 304 g/mol. The number of rotatable bonds is 3. The molecule has 21 heavy (non-hydrogen) atoms. The van der Waals surface area contributed by atoms with Crippen molar-refractivity contribution in [3.05, 3.63) is 23.8 Å². The van der Waals surface area contributed by atoms with Gasteiger partial charge in [0.25, 0.3) is 0 Å². The van der Waals surface area contributed by atoms with E-state index in [2.05, 4.69) is 11.4 Å². The number of nitriles is 1. The van der Waals surface area contributed by atoms with E-state index < -0.39 is 0 Å². The van der Waals surface area contributed by atoms with Gasteiger partial charge in [0.2, 0.25) is 0 Å². The second kappa shape index (κ2) is 6.17. The fourth-order valence-electron chi connectivity index (χ4n) is 3.16. The van der Waals surface area contributed by atoms with Crippen molar-refractivity contribution in [1.29, 1.82) is 5.26 Å². The highest BCUT2D eigenvalue weighted by Gasteiger charge is 2.40. The van der Waals surface area contributed by atoms with Gasteiger partial charge in [0.1, 0.15) is 11.8 Å². The third-order valence-electron chi connectivity index (χ3n) is 4.28. The summed E-state index contributed by atoms with van der Waals surface area (Å²) in [6.45, 7) is 0.787. The topological polar surface area (TPSA) is 54.3 Å². The van der Waals surface area contributed by atoms with Crippen molar-refractivity contribution in [3.63, 3.8) is 0 Å². The largest absolute Gasteiger partial charge is 0.495 e. The summed E-state index contributed by atoms with van der Waals surface area (Å²) in [5.74, 6) is 3.00. The van der Waals surface area contributed by atoms with E-state index in [4.69, 9.17) is 9.47 Å². The molecule has 0 amide bonds. The number of anilines is 1. The normalized spacial score (nSPS) is 28.3. The van der Waals surface area contributed by atoms with Gasteiger partial charge in [-0.25, -0.2) is 0 Å². The quantitative estimate of drug-likeness (QED) is 0.930. The summed E-state index contributed by atoms with van der Waals surface area (Å²) >= 11 is 1.97. The number of nitrogens with one attached hydrogen (secondary N) is 1. The molecule has 2 unspecified atom stereocenters. The summed E-state index contributed by atoms with van der Waals surface area (Å²) in [5, 5.41) is 12.8. The molecule has 0 saturated carbocycles. The molecule has 1 spiro atoms. The van der Waals surface area contributed by atoms with Crippen LogP contribution in [0.3, 0.4) is 0 Å².